The maximum Gasteiger partial charge on any atom is 0.0949 e. The van der Waals surface area contributed by atoms with Crippen LogP contribution in [-0.2, 0) is 5.41 Å². The van der Waals surface area contributed by atoms with Gasteiger partial charge in [-0.2, -0.15) is 0 Å². The van der Waals surface area contributed by atoms with Gasteiger partial charge in [-0.05, 0) is 44.5 Å². The van der Waals surface area contributed by atoms with Crippen LogP contribution in [0.3, 0.4) is 0 Å². The van der Waals surface area contributed by atoms with Crippen LogP contribution in [0, 0.1) is 0 Å². The van der Waals surface area contributed by atoms with Gasteiger partial charge in [0.15, 0.2) is 0 Å². The SMILES string of the molecule is BrC(Br)c1ccccc1C1(c2ccccc2C(Br)Br)c2ccccc2-c2ccccc21. The molecular formula is C27H18Br4. The van der Waals surface area contributed by atoms with Gasteiger partial charge in [-0.3, -0.25) is 0 Å². The molecule has 0 saturated carbocycles. The van der Waals surface area contributed by atoms with Crippen molar-refractivity contribution < 1.29 is 0 Å². The topological polar surface area (TPSA) is 0 Å². The Bertz CT molecular complexity index is 1160. The van der Waals surface area contributed by atoms with E-state index in [0.29, 0.717) is 0 Å². The first kappa shape index (κ1) is 21.6. The van der Waals surface area contributed by atoms with Gasteiger partial charge < -0.3 is 0 Å². The van der Waals surface area contributed by atoms with Gasteiger partial charge in [-0.25, -0.2) is 0 Å². The summed E-state index contributed by atoms with van der Waals surface area (Å²) in [6.45, 7) is 0. The molecule has 0 bridgehead atoms. The summed E-state index contributed by atoms with van der Waals surface area (Å²) in [5, 5.41) is 0. The summed E-state index contributed by atoms with van der Waals surface area (Å²) in [6, 6.07) is 35.1. The molecule has 0 heterocycles. The van der Waals surface area contributed by atoms with Crippen molar-refractivity contribution in [3.63, 3.8) is 0 Å². The highest BCUT2D eigenvalue weighted by Gasteiger charge is 2.48. The molecule has 4 aromatic rings. The van der Waals surface area contributed by atoms with Crippen LogP contribution in [0.15, 0.2) is 97.1 Å². The first-order chi connectivity index (χ1) is 15.1. The van der Waals surface area contributed by atoms with E-state index in [1.807, 2.05) is 0 Å². The standard InChI is InChI=1S/C27H18Br4/c28-25(29)19-11-3-7-15-23(19)27(24-16-8-4-12-20(24)26(30)31)21-13-5-1-9-17(21)18-10-2-6-14-22(18)27/h1-16,25-26H. The molecule has 0 nitrogen and oxygen atoms in total. The molecule has 0 unspecified atom stereocenters. The van der Waals surface area contributed by atoms with Crippen LogP contribution in [0.1, 0.15) is 40.9 Å². The number of hydrogen-bond acceptors (Lipinski definition) is 0. The van der Waals surface area contributed by atoms with E-state index >= 15 is 0 Å². The van der Waals surface area contributed by atoms with E-state index in [-0.39, 0.29) is 7.47 Å². The highest BCUT2D eigenvalue weighted by atomic mass is 79.9. The Morgan fingerprint density at radius 1 is 0.419 bits per heavy atom. The van der Waals surface area contributed by atoms with Gasteiger partial charge in [0.05, 0.1) is 12.9 Å². The molecule has 0 saturated heterocycles. The zero-order valence-electron chi connectivity index (χ0n) is 16.4. The molecule has 31 heavy (non-hydrogen) atoms. The van der Waals surface area contributed by atoms with Gasteiger partial charge in [-0.1, -0.05) is 161 Å². The summed E-state index contributed by atoms with van der Waals surface area (Å²) in [6.07, 6.45) is 0. The largest absolute Gasteiger partial charge is 0.0949 e. The minimum Gasteiger partial charge on any atom is -0.0712 e. The molecule has 0 N–H and O–H groups in total. The summed E-state index contributed by atoms with van der Waals surface area (Å²) in [4.78, 5) is 0. The molecule has 4 heteroatoms. The van der Waals surface area contributed by atoms with E-state index in [0.717, 1.165) is 0 Å². The van der Waals surface area contributed by atoms with Gasteiger partial charge >= 0.3 is 0 Å². The van der Waals surface area contributed by atoms with Gasteiger partial charge in [0.1, 0.15) is 0 Å². The molecule has 0 spiro atoms. The van der Waals surface area contributed by atoms with Gasteiger partial charge in [-0.15, -0.1) is 0 Å². The minimum atomic E-state index is -0.431. The van der Waals surface area contributed by atoms with E-state index < -0.39 is 5.41 Å². The first-order valence-corrected chi connectivity index (χ1v) is 13.7. The van der Waals surface area contributed by atoms with Gasteiger partial charge in [0, 0.05) is 0 Å². The van der Waals surface area contributed by atoms with Crippen LogP contribution >= 0.6 is 63.7 Å². The molecular weight excluding hydrogens is 644 g/mol. The number of halogens is 4. The Hall–Kier alpha value is -1.20. The van der Waals surface area contributed by atoms with Crippen LogP contribution in [-0.4, -0.2) is 0 Å². The lowest BCUT2D eigenvalue weighted by molar-refractivity contribution is 0.752. The van der Waals surface area contributed by atoms with Crippen LogP contribution in [0.2, 0.25) is 0 Å². The third kappa shape index (κ3) is 3.33. The van der Waals surface area contributed by atoms with Crippen molar-refractivity contribution in [2.24, 2.45) is 0 Å². The fourth-order valence-electron chi connectivity index (χ4n) is 5.02. The third-order valence-corrected chi connectivity index (χ3v) is 8.13. The molecule has 0 radical (unpaired) electrons. The van der Waals surface area contributed by atoms with E-state index in [1.165, 1.54) is 44.5 Å². The number of fused-ring (bicyclic) bond motifs is 3. The minimum absolute atomic E-state index is 0.0453. The highest BCUT2D eigenvalue weighted by molar-refractivity contribution is 9.24. The predicted octanol–water partition coefficient (Wildman–Crippen LogP) is 9.63. The van der Waals surface area contributed by atoms with E-state index in [1.54, 1.807) is 0 Å². The van der Waals surface area contributed by atoms with Crippen molar-refractivity contribution in [2.75, 3.05) is 0 Å². The number of alkyl halides is 4. The van der Waals surface area contributed by atoms with E-state index in [4.69, 9.17) is 0 Å². The van der Waals surface area contributed by atoms with E-state index in [9.17, 15) is 0 Å². The van der Waals surface area contributed by atoms with Crippen LogP contribution in [0.25, 0.3) is 11.1 Å². The lowest BCUT2D eigenvalue weighted by atomic mass is 9.65. The van der Waals surface area contributed by atoms with Crippen molar-refractivity contribution in [1.82, 2.24) is 0 Å². The molecule has 154 valence electrons. The Morgan fingerprint density at radius 3 is 1.13 bits per heavy atom. The smallest absolute Gasteiger partial charge is 0.0712 e. The number of hydrogen-bond donors (Lipinski definition) is 0. The quantitative estimate of drug-likeness (QED) is 0.168. The Balaban J connectivity index is 2.02. The molecule has 0 amide bonds. The molecule has 4 aromatic carbocycles. The van der Waals surface area contributed by atoms with Crippen molar-refractivity contribution in [3.05, 3.63) is 130 Å². The Morgan fingerprint density at radius 2 is 0.742 bits per heavy atom. The second-order valence-electron chi connectivity index (χ2n) is 7.62. The third-order valence-electron chi connectivity index (χ3n) is 6.15. The van der Waals surface area contributed by atoms with Crippen molar-refractivity contribution in [3.8, 4) is 11.1 Å². The van der Waals surface area contributed by atoms with Crippen LogP contribution in [0.4, 0.5) is 0 Å². The fourth-order valence-corrected chi connectivity index (χ4v) is 6.62. The average Bonchev–Trinajstić information content (AvgIpc) is 3.10. The second-order valence-corrected chi connectivity index (χ2v) is 13.7. The molecule has 1 aliphatic carbocycles. The van der Waals surface area contributed by atoms with Gasteiger partial charge in [0.2, 0.25) is 0 Å². The van der Waals surface area contributed by atoms with E-state index in [2.05, 4.69) is 161 Å². The average molecular weight is 662 g/mol. The molecule has 1 aliphatic rings. The molecule has 0 fully saturated rings. The molecule has 5 rings (SSSR count). The first-order valence-electron chi connectivity index (χ1n) is 10.0. The summed E-state index contributed by atoms with van der Waals surface area (Å²) in [5.41, 5.74) is 9.80. The normalized spacial score (nSPS) is 14.0. The Kier molecular flexibility index (Phi) is 6.02. The summed E-state index contributed by atoms with van der Waals surface area (Å²) in [5.74, 6) is 0. The number of benzene rings is 4. The lowest BCUT2D eigenvalue weighted by Crippen LogP contribution is -2.31. The molecule has 0 aliphatic heterocycles. The molecule has 0 aromatic heterocycles. The zero-order valence-corrected chi connectivity index (χ0v) is 22.7. The van der Waals surface area contributed by atoms with Crippen LogP contribution < -0.4 is 0 Å². The monoisotopic (exact) mass is 658 g/mol. The van der Waals surface area contributed by atoms with Crippen molar-refractivity contribution in [2.45, 2.75) is 12.9 Å². The Labute approximate surface area is 216 Å². The maximum absolute atomic E-state index is 3.80. The highest BCUT2D eigenvalue weighted by Crippen LogP contribution is 2.59. The fraction of sp³-hybridized carbons (Fsp3) is 0.111. The molecule has 0 atom stereocenters. The lowest BCUT2D eigenvalue weighted by Gasteiger charge is -2.37. The van der Waals surface area contributed by atoms with Gasteiger partial charge in [0.25, 0.3) is 0 Å². The van der Waals surface area contributed by atoms with Crippen molar-refractivity contribution in [1.29, 1.82) is 0 Å². The second kappa shape index (κ2) is 8.62. The maximum atomic E-state index is 3.80. The number of rotatable bonds is 4. The van der Waals surface area contributed by atoms with Crippen LogP contribution in [0.5, 0.6) is 0 Å². The predicted molar refractivity (Wildman–Crippen MR) is 145 cm³/mol. The van der Waals surface area contributed by atoms with Crippen molar-refractivity contribution >= 4 is 63.7 Å². The summed E-state index contributed by atoms with van der Waals surface area (Å²) < 4.78 is 0.0906. The summed E-state index contributed by atoms with van der Waals surface area (Å²) in [7, 11) is 0. The summed E-state index contributed by atoms with van der Waals surface area (Å²) >= 11 is 15.2. The zero-order chi connectivity index (χ0) is 21.6.